The molecule has 0 aromatic heterocycles. The lowest BCUT2D eigenvalue weighted by molar-refractivity contribution is -0.136. The Hall–Kier alpha value is -2.10. The maximum Gasteiger partial charge on any atom is 0.333 e. The second-order valence-corrected chi connectivity index (χ2v) is 4.20. The molecular formula is C15H18FNO2. The minimum atomic E-state index is -0.391. The molecule has 0 fully saturated rings. The fraction of sp³-hybridized carbons (Fsp3) is 0.267. The van der Waals surface area contributed by atoms with E-state index >= 15 is 0 Å². The smallest absolute Gasteiger partial charge is 0.333 e. The first-order valence-electron chi connectivity index (χ1n) is 5.98. The molecule has 0 radical (unpaired) electrons. The summed E-state index contributed by atoms with van der Waals surface area (Å²) in [6.45, 7) is 1.80. The summed E-state index contributed by atoms with van der Waals surface area (Å²) in [6.07, 6.45) is 4.15. The third-order valence-corrected chi connectivity index (χ3v) is 2.68. The van der Waals surface area contributed by atoms with E-state index in [9.17, 15) is 9.18 Å². The van der Waals surface area contributed by atoms with Gasteiger partial charge in [-0.3, -0.25) is 0 Å². The number of halogens is 1. The number of hydrogen-bond acceptors (Lipinski definition) is 3. The van der Waals surface area contributed by atoms with Crippen molar-refractivity contribution in [2.75, 3.05) is 7.11 Å². The predicted molar refractivity (Wildman–Crippen MR) is 72.8 cm³/mol. The molecule has 0 amide bonds. The van der Waals surface area contributed by atoms with Gasteiger partial charge in [0, 0.05) is 5.57 Å². The number of nitrogens with two attached hydrogens (primary N) is 1. The van der Waals surface area contributed by atoms with Gasteiger partial charge in [-0.1, -0.05) is 12.1 Å². The van der Waals surface area contributed by atoms with Gasteiger partial charge in [0.15, 0.2) is 0 Å². The Morgan fingerprint density at radius 3 is 2.79 bits per heavy atom. The van der Waals surface area contributed by atoms with Crippen LogP contribution in [0.25, 0.3) is 0 Å². The molecule has 0 bridgehead atoms. The van der Waals surface area contributed by atoms with E-state index in [1.807, 2.05) is 6.07 Å². The molecule has 102 valence electrons. The summed E-state index contributed by atoms with van der Waals surface area (Å²) < 4.78 is 17.8. The lowest BCUT2D eigenvalue weighted by Gasteiger charge is -2.06. The Morgan fingerprint density at radius 1 is 1.47 bits per heavy atom. The quantitative estimate of drug-likeness (QED) is 0.505. The highest BCUT2D eigenvalue weighted by Gasteiger charge is 2.10. The van der Waals surface area contributed by atoms with Crippen molar-refractivity contribution in [1.82, 2.24) is 0 Å². The van der Waals surface area contributed by atoms with Crippen molar-refractivity contribution in [2.45, 2.75) is 19.8 Å². The van der Waals surface area contributed by atoms with Gasteiger partial charge in [0.25, 0.3) is 0 Å². The van der Waals surface area contributed by atoms with Crippen molar-refractivity contribution in [1.29, 1.82) is 0 Å². The zero-order chi connectivity index (χ0) is 14.3. The Bertz CT molecular complexity index is 507. The molecule has 0 saturated heterocycles. The predicted octanol–water partition coefficient (Wildman–Crippen LogP) is 2.72. The second kappa shape index (κ2) is 7.36. The molecule has 0 aliphatic rings. The number of ether oxygens (including phenoxy) is 1. The van der Waals surface area contributed by atoms with Crippen LogP contribution in [0.15, 0.2) is 47.7 Å². The molecule has 19 heavy (non-hydrogen) atoms. The number of esters is 1. The number of carbonyl (C=O) groups excluding carboxylic acids is 1. The average Bonchev–Trinajstić information content (AvgIpc) is 2.42. The van der Waals surface area contributed by atoms with E-state index in [4.69, 9.17) is 10.5 Å². The topological polar surface area (TPSA) is 52.3 Å². The number of allylic oxidation sites excluding steroid dienone is 2. The summed E-state index contributed by atoms with van der Waals surface area (Å²) in [4.78, 5) is 11.6. The molecular weight excluding hydrogens is 245 g/mol. The first kappa shape index (κ1) is 15.0. The lowest BCUT2D eigenvalue weighted by Crippen LogP contribution is -2.06. The van der Waals surface area contributed by atoms with Gasteiger partial charge in [0.1, 0.15) is 5.82 Å². The van der Waals surface area contributed by atoms with Crippen molar-refractivity contribution >= 4 is 5.97 Å². The van der Waals surface area contributed by atoms with Gasteiger partial charge in [0.2, 0.25) is 0 Å². The SMILES string of the molecule is COC(=O)/C(=C/C(C)=C\N)CCc1cccc(F)c1. The fourth-order valence-electron chi connectivity index (χ4n) is 1.66. The summed E-state index contributed by atoms with van der Waals surface area (Å²) in [5, 5.41) is 0. The van der Waals surface area contributed by atoms with Gasteiger partial charge in [0.05, 0.1) is 7.11 Å². The highest BCUT2D eigenvalue weighted by atomic mass is 19.1. The number of rotatable bonds is 5. The van der Waals surface area contributed by atoms with Gasteiger partial charge < -0.3 is 10.5 Å². The minimum absolute atomic E-state index is 0.279. The van der Waals surface area contributed by atoms with Crippen molar-refractivity contribution in [3.8, 4) is 0 Å². The second-order valence-electron chi connectivity index (χ2n) is 4.20. The van der Waals surface area contributed by atoms with Gasteiger partial charge >= 0.3 is 5.97 Å². The molecule has 3 nitrogen and oxygen atoms in total. The molecule has 2 N–H and O–H groups in total. The number of benzene rings is 1. The third kappa shape index (κ3) is 4.95. The van der Waals surface area contributed by atoms with Crippen LogP contribution in [0.1, 0.15) is 18.9 Å². The molecule has 4 heteroatoms. The Balaban J connectivity index is 2.79. The summed E-state index contributed by atoms with van der Waals surface area (Å²) in [7, 11) is 1.33. The van der Waals surface area contributed by atoms with E-state index < -0.39 is 5.97 Å². The van der Waals surface area contributed by atoms with Crippen LogP contribution < -0.4 is 5.73 Å². The van der Waals surface area contributed by atoms with Gasteiger partial charge in [-0.25, -0.2) is 9.18 Å². The number of methoxy groups -OCH3 is 1. The zero-order valence-corrected chi connectivity index (χ0v) is 11.2. The number of hydrogen-bond donors (Lipinski definition) is 1. The minimum Gasteiger partial charge on any atom is -0.466 e. The zero-order valence-electron chi connectivity index (χ0n) is 11.2. The van der Waals surface area contributed by atoms with Crippen molar-refractivity contribution in [2.24, 2.45) is 5.73 Å². The van der Waals surface area contributed by atoms with Crippen LogP contribution in [0.2, 0.25) is 0 Å². The average molecular weight is 263 g/mol. The van der Waals surface area contributed by atoms with E-state index in [-0.39, 0.29) is 5.82 Å². The van der Waals surface area contributed by atoms with Crippen LogP contribution in [-0.4, -0.2) is 13.1 Å². The maximum absolute atomic E-state index is 13.0. The molecule has 0 atom stereocenters. The third-order valence-electron chi connectivity index (χ3n) is 2.68. The van der Waals surface area contributed by atoms with Crippen molar-refractivity contribution in [3.63, 3.8) is 0 Å². The van der Waals surface area contributed by atoms with E-state index in [0.29, 0.717) is 18.4 Å². The van der Waals surface area contributed by atoms with Crippen LogP contribution in [0.5, 0.6) is 0 Å². The van der Waals surface area contributed by atoms with Crippen LogP contribution in [-0.2, 0) is 16.0 Å². The van der Waals surface area contributed by atoms with E-state index in [0.717, 1.165) is 11.1 Å². The Morgan fingerprint density at radius 2 is 2.21 bits per heavy atom. The summed E-state index contributed by atoms with van der Waals surface area (Å²) >= 11 is 0. The largest absolute Gasteiger partial charge is 0.466 e. The van der Waals surface area contributed by atoms with Crippen molar-refractivity contribution in [3.05, 3.63) is 59.1 Å². The number of aryl methyl sites for hydroxylation is 1. The molecule has 1 aromatic carbocycles. The van der Waals surface area contributed by atoms with Gasteiger partial charge in [-0.2, -0.15) is 0 Å². The summed E-state index contributed by atoms with van der Waals surface area (Å²) in [5.41, 5.74) is 7.51. The molecule has 1 rings (SSSR count). The lowest BCUT2D eigenvalue weighted by atomic mass is 10.0. The van der Waals surface area contributed by atoms with Gasteiger partial charge in [-0.05, 0) is 55.3 Å². The van der Waals surface area contributed by atoms with Crippen LogP contribution in [0.3, 0.4) is 0 Å². The normalized spacial score (nSPS) is 12.4. The van der Waals surface area contributed by atoms with Gasteiger partial charge in [-0.15, -0.1) is 0 Å². The molecule has 0 heterocycles. The summed E-state index contributed by atoms with van der Waals surface area (Å²) in [6, 6.07) is 6.32. The molecule has 0 aliphatic carbocycles. The Labute approximate surface area is 112 Å². The van der Waals surface area contributed by atoms with Crippen molar-refractivity contribution < 1.29 is 13.9 Å². The molecule has 0 aliphatic heterocycles. The highest BCUT2D eigenvalue weighted by Crippen LogP contribution is 2.14. The highest BCUT2D eigenvalue weighted by molar-refractivity contribution is 5.88. The van der Waals surface area contributed by atoms with Crippen LogP contribution >= 0.6 is 0 Å². The number of carbonyl (C=O) groups is 1. The monoisotopic (exact) mass is 263 g/mol. The standard InChI is InChI=1S/C15H18FNO2/c1-11(10-17)8-13(15(18)19-2)7-6-12-4-3-5-14(16)9-12/h3-5,8-10H,6-7,17H2,1-2H3/b11-10-,13-8+. The molecule has 0 unspecified atom stereocenters. The van der Waals surface area contributed by atoms with E-state index in [1.165, 1.54) is 25.4 Å². The van der Waals surface area contributed by atoms with E-state index in [2.05, 4.69) is 0 Å². The molecule has 1 aromatic rings. The fourth-order valence-corrected chi connectivity index (χ4v) is 1.66. The first-order valence-corrected chi connectivity index (χ1v) is 5.98. The van der Waals surface area contributed by atoms with Crippen LogP contribution in [0, 0.1) is 5.82 Å². The molecule has 0 spiro atoms. The van der Waals surface area contributed by atoms with Crippen LogP contribution in [0.4, 0.5) is 4.39 Å². The van der Waals surface area contributed by atoms with E-state index in [1.54, 1.807) is 19.1 Å². The molecule has 0 saturated carbocycles. The maximum atomic E-state index is 13.0. The Kier molecular flexibility index (Phi) is 5.79. The summed E-state index contributed by atoms with van der Waals surface area (Å²) in [5.74, 6) is -0.670. The first-order chi connectivity index (χ1) is 9.06.